The van der Waals surface area contributed by atoms with Gasteiger partial charge in [0, 0.05) is 17.1 Å². The molecule has 0 saturated heterocycles. The van der Waals surface area contributed by atoms with Gasteiger partial charge in [-0.2, -0.15) is 0 Å². The molecular formula is C12H14ClN. The molecule has 2 heteroatoms. The summed E-state index contributed by atoms with van der Waals surface area (Å²) in [6.07, 6.45) is 5.42. The Bertz CT molecular complexity index is 431. The second-order valence-corrected chi connectivity index (χ2v) is 3.96. The molecule has 0 unspecified atom stereocenters. The first kappa shape index (κ1) is 9.60. The van der Waals surface area contributed by atoms with Crippen LogP contribution in [0.1, 0.15) is 25.3 Å². The van der Waals surface area contributed by atoms with Crippen molar-refractivity contribution in [1.82, 2.24) is 4.98 Å². The summed E-state index contributed by atoms with van der Waals surface area (Å²) in [5, 5.41) is 2.05. The molecule has 1 nitrogen and oxygen atoms in total. The van der Waals surface area contributed by atoms with Crippen LogP contribution in [-0.2, 0) is 6.42 Å². The molecule has 0 saturated carbocycles. The van der Waals surface area contributed by atoms with Gasteiger partial charge >= 0.3 is 0 Å². The molecule has 0 aliphatic rings. The number of nitrogens with one attached hydrogen (secondary N) is 1. The van der Waals surface area contributed by atoms with E-state index in [9.17, 15) is 0 Å². The molecular weight excluding hydrogens is 194 g/mol. The normalized spacial score (nSPS) is 11.0. The second-order valence-electron chi connectivity index (χ2n) is 3.58. The van der Waals surface area contributed by atoms with E-state index >= 15 is 0 Å². The molecule has 1 heterocycles. The second kappa shape index (κ2) is 4.05. The van der Waals surface area contributed by atoms with Crippen molar-refractivity contribution >= 4 is 22.5 Å². The fourth-order valence-corrected chi connectivity index (χ4v) is 2.02. The van der Waals surface area contributed by atoms with Crippen LogP contribution in [-0.4, -0.2) is 4.98 Å². The Morgan fingerprint density at radius 3 is 2.93 bits per heavy atom. The van der Waals surface area contributed by atoms with E-state index in [4.69, 9.17) is 11.6 Å². The third-order valence-corrected chi connectivity index (χ3v) is 2.99. The first-order valence-electron chi connectivity index (χ1n) is 5.07. The minimum Gasteiger partial charge on any atom is -0.361 e. The van der Waals surface area contributed by atoms with Crippen molar-refractivity contribution in [3.63, 3.8) is 0 Å². The smallest absolute Gasteiger partial charge is 0.0531 e. The van der Waals surface area contributed by atoms with E-state index in [0.717, 1.165) is 22.3 Å². The van der Waals surface area contributed by atoms with Gasteiger partial charge in [0.2, 0.25) is 0 Å². The monoisotopic (exact) mass is 207 g/mol. The van der Waals surface area contributed by atoms with Crippen LogP contribution in [0, 0.1) is 0 Å². The SMILES string of the molecule is CCCCc1ccc2[nH]ccc2c1Cl. The Hall–Kier alpha value is -0.950. The quantitative estimate of drug-likeness (QED) is 0.778. The van der Waals surface area contributed by atoms with Gasteiger partial charge in [0.1, 0.15) is 0 Å². The standard InChI is InChI=1S/C12H14ClN/c1-2-3-4-9-5-6-11-10(12(9)13)7-8-14-11/h5-8,14H,2-4H2,1H3. The van der Waals surface area contributed by atoms with Gasteiger partial charge in [-0.3, -0.25) is 0 Å². The van der Waals surface area contributed by atoms with E-state index in [2.05, 4.69) is 24.0 Å². The molecule has 14 heavy (non-hydrogen) atoms. The van der Waals surface area contributed by atoms with E-state index in [1.54, 1.807) is 0 Å². The van der Waals surface area contributed by atoms with E-state index in [0.29, 0.717) is 0 Å². The molecule has 2 aromatic rings. The highest BCUT2D eigenvalue weighted by molar-refractivity contribution is 6.36. The number of aromatic amines is 1. The fraction of sp³-hybridized carbons (Fsp3) is 0.333. The van der Waals surface area contributed by atoms with Crippen LogP contribution in [0.4, 0.5) is 0 Å². The molecule has 74 valence electrons. The Labute approximate surface area is 89.1 Å². The van der Waals surface area contributed by atoms with Gasteiger partial charge in [-0.1, -0.05) is 31.0 Å². The van der Waals surface area contributed by atoms with Crippen LogP contribution >= 0.6 is 11.6 Å². The summed E-state index contributed by atoms with van der Waals surface area (Å²) in [5.41, 5.74) is 2.39. The third kappa shape index (κ3) is 1.64. The minimum atomic E-state index is 0.914. The lowest BCUT2D eigenvalue weighted by Crippen LogP contribution is -1.86. The van der Waals surface area contributed by atoms with Gasteiger partial charge in [0.15, 0.2) is 0 Å². The summed E-state index contributed by atoms with van der Waals surface area (Å²) in [7, 11) is 0. The zero-order valence-electron chi connectivity index (χ0n) is 8.31. The molecule has 0 radical (unpaired) electrons. The lowest BCUT2D eigenvalue weighted by Gasteiger charge is -2.04. The topological polar surface area (TPSA) is 15.8 Å². The average molecular weight is 208 g/mol. The number of hydrogen-bond donors (Lipinski definition) is 1. The Morgan fingerprint density at radius 2 is 2.14 bits per heavy atom. The van der Waals surface area contributed by atoms with Crippen molar-refractivity contribution in [2.24, 2.45) is 0 Å². The molecule has 0 spiro atoms. The zero-order valence-corrected chi connectivity index (χ0v) is 9.06. The number of rotatable bonds is 3. The van der Waals surface area contributed by atoms with Gasteiger partial charge in [0.05, 0.1) is 5.02 Å². The summed E-state index contributed by atoms with van der Waals surface area (Å²) in [5.74, 6) is 0. The molecule has 0 amide bonds. The van der Waals surface area contributed by atoms with Gasteiger partial charge in [-0.05, 0) is 30.5 Å². The number of aromatic nitrogens is 1. The van der Waals surface area contributed by atoms with E-state index in [1.807, 2.05) is 12.3 Å². The van der Waals surface area contributed by atoms with E-state index in [-0.39, 0.29) is 0 Å². The summed E-state index contributed by atoms with van der Waals surface area (Å²) < 4.78 is 0. The average Bonchev–Trinajstić information content (AvgIpc) is 2.66. The highest BCUT2D eigenvalue weighted by atomic mass is 35.5. The number of halogens is 1. The maximum atomic E-state index is 6.30. The van der Waals surface area contributed by atoms with Crippen molar-refractivity contribution in [2.45, 2.75) is 26.2 Å². The lowest BCUT2D eigenvalue weighted by molar-refractivity contribution is 0.796. The Balaban J connectivity index is 2.40. The Morgan fingerprint density at radius 1 is 1.29 bits per heavy atom. The van der Waals surface area contributed by atoms with Crippen LogP contribution in [0.5, 0.6) is 0 Å². The van der Waals surface area contributed by atoms with Crippen LogP contribution in [0.15, 0.2) is 24.4 Å². The van der Waals surface area contributed by atoms with Gasteiger partial charge in [-0.25, -0.2) is 0 Å². The van der Waals surface area contributed by atoms with Gasteiger partial charge in [0.25, 0.3) is 0 Å². The van der Waals surface area contributed by atoms with Crippen molar-refractivity contribution in [2.75, 3.05) is 0 Å². The van der Waals surface area contributed by atoms with Crippen molar-refractivity contribution in [3.05, 3.63) is 35.0 Å². The number of fused-ring (bicyclic) bond motifs is 1. The maximum Gasteiger partial charge on any atom is 0.0531 e. The van der Waals surface area contributed by atoms with Crippen LogP contribution < -0.4 is 0 Å². The largest absolute Gasteiger partial charge is 0.361 e. The molecule has 1 aromatic carbocycles. The minimum absolute atomic E-state index is 0.914. The molecule has 2 rings (SSSR count). The Kier molecular flexibility index (Phi) is 2.78. The van der Waals surface area contributed by atoms with Crippen molar-refractivity contribution in [3.8, 4) is 0 Å². The first-order valence-corrected chi connectivity index (χ1v) is 5.45. The molecule has 0 atom stereocenters. The van der Waals surface area contributed by atoms with Crippen molar-refractivity contribution < 1.29 is 0 Å². The fourth-order valence-electron chi connectivity index (χ4n) is 1.70. The number of H-pyrrole nitrogens is 1. The predicted molar refractivity (Wildman–Crippen MR) is 61.9 cm³/mol. The van der Waals surface area contributed by atoms with E-state index in [1.165, 1.54) is 18.4 Å². The summed E-state index contributed by atoms with van der Waals surface area (Å²) >= 11 is 6.30. The maximum absolute atomic E-state index is 6.30. The number of aryl methyl sites for hydroxylation is 1. The highest BCUT2D eigenvalue weighted by Gasteiger charge is 2.05. The highest BCUT2D eigenvalue weighted by Crippen LogP contribution is 2.27. The summed E-state index contributed by atoms with van der Waals surface area (Å²) in [6, 6.07) is 6.26. The first-order chi connectivity index (χ1) is 6.83. The van der Waals surface area contributed by atoms with Gasteiger partial charge in [-0.15, -0.1) is 0 Å². The summed E-state index contributed by atoms with van der Waals surface area (Å²) in [6.45, 7) is 2.20. The molecule has 1 N–H and O–H groups in total. The molecule has 0 aliphatic carbocycles. The van der Waals surface area contributed by atoms with Crippen molar-refractivity contribution in [1.29, 1.82) is 0 Å². The lowest BCUT2D eigenvalue weighted by atomic mass is 10.1. The molecule has 0 fully saturated rings. The molecule has 0 aliphatic heterocycles. The number of benzene rings is 1. The summed E-state index contributed by atoms with van der Waals surface area (Å²) in [4.78, 5) is 3.16. The number of unbranched alkanes of at least 4 members (excludes halogenated alkanes) is 1. The van der Waals surface area contributed by atoms with Crippen LogP contribution in [0.3, 0.4) is 0 Å². The van der Waals surface area contributed by atoms with Crippen LogP contribution in [0.2, 0.25) is 5.02 Å². The molecule has 0 bridgehead atoms. The number of hydrogen-bond acceptors (Lipinski definition) is 0. The van der Waals surface area contributed by atoms with Crippen LogP contribution in [0.25, 0.3) is 10.9 Å². The third-order valence-electron chi connectivity index (χ3n) is 2.55. The zero-order chi connectivity index (χ0) is 9.97. The predicted octanol–water partition coefficient (Wildman–Crippen LogP) is 4.16. The van der Waals surface area contributed by atoms with Gasteiger partial charge < -0.3 is 4.98 Å². The van der Waals surface area contributed by atoms with E-state index < -0.39 is 0 Å². The molecule has 1 aromatic heterocycles.